The Kier molecular flexibility index (Phi) is 5.77. The third-order valence-corrected chi connectivity index (χ3v) is 9.13. The Morgan fingerprint density at radius 2 is 1.17 bits per heavy atom. The molecule has 10 rings (SSSR count). The van der Waals surface area contributed by atoms with Crippen LogP contribution >= 0.6 is 0 Å². The van der Waals surface area contributed by atoms with Crippen molar-refractivity contribution in [2.75, 3.05) is 0 Å². The number of aromatic nitrogens is 5. The molecule has 0 radical (unpaired) electrons. The van der Waals surface area contributed by atoms with Crippen LogP contribution < -0.4 is 0 Å². The molecule has 0 unspecified atom stereocenters. The predicted octanol–water partition coefficient (Wildman–Crippen LogP) is 10.4. The van der Waals surface area contributed by atoms with Crippen LogP contribution in [0.5, 0.6) is 0 Å². The van der Waals surface area contributed by atoms with Crippen LogP contribution in [0.15, 0.2) is 156 Å². The fourth-order valence-corrected chi connectivity index (χ4v) is 6.88. The third kappa shape index (κ3) is 4.13. The van der Waals surface area contributed by atoms with Gasteiger partial charge in [0.1, 0.15) is 5.58 Å². The molecule has 0 amide bonds. The van der Waals surface area contributed by atoms with Crippen LogP contribution in [-0.4, -0.2) is 24.5 Å². The topological polar surface area (TPSA) is 69.6 Å². The van der Waals surface area contributed by atoms with Crippen LogP contribution in [0, 0.1) is 0 Å². The molecule has 6 heteroatoms. The molecular formula is C42H25N5O. The van der Waals surface area contributed by atoms with E-state index in [0.717, 1.165) is 49.5 Å². The predicted molar refractivity (Wildman–Crippen MR) is 193 cm³/mol. The molecule has 0 atom stereocenters. The van der Waals surface area contributed by atoms with Crippen LogP contribution in [-0.2, 0) is 0 Å². The molecule has 0 bridgehead atoms. The molecule has 4 heterocycles. The van der Waals surface area contributed by atoms with Gasteiger partial charge in [-0.05, 0) is 64.4 Å². The molecule has 224 valence electrons. The van der Waals surface area contributed by atoms with Crippen LogP contribution in [0.3, 0.4) is 0 Å². The standard InChI is InChI=1S/C42H25N5O/c1-3-10-26(11-4-1)29-19-21-35-34(24-29)38-31-15-8-7-12-27(31)18-22-36(38)47(35)42-45-39(28-13-5-2-6-14-28)44-40(46-42)30-17-20-32-33-16-9-23-43-41(33)48-37(32)25-30/h1-25H. The molecule has 0 aliphatic carbocycles. The number of pyridine rings is 1. The number of nitrogens with zero attached hydrogens (tertiary/aromatic N) is 5. The second kappa shape index (κ2) is 10.4. The van der Waals surface area contributed by atoms with Crippen molar-refractivity contribution in [3.8, 4) is 39.9 Å². The molecule has 0 N–H and O–H groups in total. The number of rotatable bonds is 4. The van der Waals surface area contributed by atoms with E-state index >= 15 is 0 Å². The van der Waals surface area contributed by atoms with Crippen LogP contribution in [0.4, 0.5) is 0 Å². The summed E-state index contributed by atoms with van der Waals surface area (Å²) in [7, 11) is 0. The normalized spacial score (nSPS) is 11.8. The van der Waals surface area contributed by atoms with Crippen LogP contribution in [0.25, 0.3) is 94.5 Å². The Morgan fingerprint density at radius 1 is 0.458 bits per heavy atom. The van der Waals surface area contributed by atoms with Gasteiger partial charge < -0.3 is 4.42 Å². The van der Waals surface area contributed by atoms with Gasteiger partial charge in [-0.1, -0.05) is 103 Å². The lowest BCUT2D eigenvalue weighted by Gasteiger charge is -2.11. The lowest BCUT2D eigenvalue weighted by atomic mass is 10.0. The summed E-state index contributed by atoms with van der Waals surface area (Å²) in [6.45, 7) is 0. The van der Waals surface area contributed by atoms with Gasteiger partial charge in [-0.15, -0.1) is 0 Å². The molecule has 48 heavy (non-hydrogen) atoms. The van der Waals surface area contributed by atoms with Crippen LogP contribution in [0.1, 0.15) is 0 Å². The molecule has 0 saturated carbocycles. The SMILES string of the molecule is c1ccc(-c2ccc3c(c2)c2c4ccccc4ccc2n3-c2nc(-c3ccccc3)nc(-c3ccc4c(c3)oc3ncccc34)n2)cc1. The maximum Gasteiger partial charge on any atom is 0.238 e. The largest absolute Gasteiger partial charge is 0.438 e. The minimum absolute atomic E-state index is 0.549. The van der Waals surface area contributed by atoms with E-state index < -0.39 is 0 Å². The van der Waals surface area contributed by atoms with E-state index in [1.54, 1.807) is 6.20 Å². The Hall–Kier alpha value is -6.66. The van der Waals surface area contributed by atoms with E-state index in [4.69, 9.17) is 19.4 Å². The quantitative estimate of drug-likeness (QED) is 0.197. The van der Waals surface area contributed by atoms with E-state index in [1.807, 2.05) is 60.7 Å². The van der Waals surface area contributed by atoms with Crippen molar-refractivity contribution in [1.82, 2.24) is 24.5 Å². The van der Waals surface area contributed by atoms with E-state index in [0.29, 0.717) is 23.3 Å². The van der Waals surface area contributed by atoms with E-state index in [1.165, 1.54) is 21.7 Å². The summed E-state index contributed by atoms with van der Waals surface area (Å²) in [6, 6.07) is 50.2. The fraction of sp³-hybridized carbons (Fsp3) is 0. The Balaban J connectivity index is 1.27. The number of fused-ring (bicyclic) bond motifs is 8. The van der Waals surface area contributed by atoms with Gasteiger partial charge in [-0.3, -0.25) is 4.57 Å². The molecule has 4 aromatic heterocycles. The van der Waals surface area contributed by atoms with Crippen molar-refractivity contribution < 1.29 is 4.42 Å². The summed E-state index contributed by atoms with van der Waals surface area (Å²) in [5.74, 6) is 1.71. The van der Waals surface area contributed by atoms with Gasteiger partial charge in [0.2, 0.25) is 11.7 Å². The molecule has 6 nitrogen and oxygen atoms in total. The highest BCUT2D eigenvalue weighted by Gasteiger charge is 2.20. The fourth-order valence-electron chi connectivity index (χ4n) is 6.88. The molecule has 0 fully saturated rings. The van der Waals surface area contributed by atoms with Gasteiger partial charge >= 0.3 is 0 Å². The average Bonchev–Trinajstić information content (AvgIpc) is 3.70. The van der Waals surface area contributed by atoms with Gasteiger partial charge in [0.25, 0.3) is 0 Å². The van der Waals surface area contributed by atoms with Gasteiger partial charge in [0.05, 0.1) is 11.0 Å². The van der Waals surface area contributed by atoms with Crippen molar-refractivity contribution in [2.45, 2.75) is 0 Å². The molecule has 6 aromatic carbocycles. The van der Waals surface area contributed by atoms with Gasteiger partial charge in [-0.2, -0.15) is 9.97 Å². The molecule has 10 aromatic rings. The first kappa shape index (κ1) is 26.5. The molecule has 0 spiro atoms. The number of hydrogen-bond acceptors (Lipinski definition) is 5. The maximum atomic E-state index is 6.15. The van der Waals surface area contributed by atoms with Crippen molar-refractivity contribution in [3.63, 3.8) is 0 Å². The highest BCUT2D eigenvalue weighted by molar-refractivity contribution is 6.21. The summed E-state index contributed by atoms with van der Waals surface area (Å²) in [5, 5.41) is 6.66. The average molecular weight is 616 g/mol. The highest BCUT2D eigenvalue weighted by atomic mass is 16.3. The van der Waals surface area contributed by atoms with E-state index in [-0.39, 0.29) is 0 Å². The lowest BCUT2D eigenvalue weighted by molar-refractivity contribution is 0.654. The first-order valence-corrected chi connectivity index (χ1v) is 15.9. The zero-order valence-corrected chi connectivity index (χ0v) is 25.6. The van der Waals surface area contributed by atoms with Crippen molar-refractivity contribution in [1.29, 1.82) is 0 Å². The number of benzene rings is 6. The molecular weight excluding hydrogens is 590 g/mol. The lowest BCUT2D eigenvalue weighted by Crippen LogP contribution is -2.06. The molecule has 0 aliphatic rings. The van der Waals surface area contributed by atoms with Crippen molar-refractivity contribution >= 4 is 54.6 Å². The summed E-state index contributed by atoms with van der Waals surface area (Å²) in [5.41, 5.74) is 7.48. The Morgan fingerprint density at radius 3 is 2.02 bits per heavy atom. The second-order valence-corrected chi connectivity index (χ2v) is 11.9. The monoisotopic (exact) mass is 615 g/mol. The van der Waals surface area contributed by atoms with Gasteiger partial charge in [0, 0.05) is 38.9 Å². The molecule has 0 aliphatic heterocycles. The van der Waals surface area contributed by atoms with Gasteiger partial charge in [0.15, 0.2) is 11.6 Å². The third-order valence-electron chi connectivity index (χ3n) is 9.13. The van der Waals surface area contributed by atoms with E-state index in [9.17, 15) is 0 Å². The zero-order valence-electron chi connectivity index (χ0n) is 25.6. The van der Waals surface area contributed by atoms with Gasteiger partial charge in [-0.25, -0.2) is 9.97 Å². The second-order valence-electron chi connectivity index (χ2n) is 11.9. The van der Waals surface area contributed by atoms with Crippen molar-refractivity contribution in [2.24, 2.45) is 0 Å². The number of furan rings is 1. The summed E-state index contributed by atoms with van der Waals surface area (Å²) >= 11 is 0. The Labute approximate surface area is 274 Å². The Bertz CT molecular complexity index is 2840. The highest BCUT2D eigenvalue weighted by Crippen LogP contribution is 2.39. The minimum Gasteiger partial charge on any atom is -0.438 e. The maximum absolute atomic E-state index is 6.15. The summed E-state index contributed by atoms with van der Waals surface area (Å²) < 4.78 is 8.32. The molecule has 0 saturated heterocycles. The first-order chi connectivity index (χ1) is 23.8. The van der Waals surface area contributed by atoms with E-state index in [2.05, 4.69) is 94.5 Å². The van der Waals surface area contributed by atoms with Crippen LogP contribution in [0.2, 0.25) is 0 Å². The zero-order chi connectivity index (χ0) is 31.6. The number of hydrogen-bond donors (Lipinski definition) is 0. The summed E-state index contributed by atoms with van der Waals surface area (Å²) in [4.78, 5) is 19.7. The smallest absolute Gasteiger partial charge is 0.238 e. The minimum atomic E-state index is 0.549. The first-order valence-electron chi connectivity index (χ1n) is 15.9. The summed E-state index contributed by atoms with van der Waals surface area (Å²) in [6.07, 6.45) is 1.74. The van der Waals surface area contributed by atoms with Crippen molar-refractivity contribution in [3.05, 3.63) is 152 Å².